The molecule has 0 fully saturated rings. The molecular formula is C21H19NO7. The number of ether oxygens (including phenoxy) is 1. The predicted octanol–water partition coefficient (Wildman–Crippen LogP) is 1.37. The number of rotatable bonds is 2. The number of aromatic hydroxyl groups is 2. The highest BCUT2D eigenvalue weighted by Crippen LogP contribution is 2.50. The third kappa shape index (κ3) is 2.43. The Morgan fingerprint density at radius 2 is 1.90 bits per heavy atom. The highest BCUT2D eigenvalue weighted by atomic mass is 16.5. The van der Waals surface area contributed by atoms with E-state index in [0.29, 0.717) is 0 Å². The molecular weight excluding hydrogens is 378 g/mol. The van der Waals surface area contributed by atoms with Gasteiger partial charge in [0.15, 0.2) is 11.6 Å². The first-order valence-corrected chi connectivity index (χ1v) is 8.95. The molecule has 150 valence electrons. The molecule has 0 aliphatic heterocycles. The minimum absolute atomic E-state index is 0.0785. The second-order valence-electron chi connectivity index (χ2n) is 7.41. The average molecular weight is 397 g/mol. The number of benzene rings is 2. The largest absolute Gasteiger partial charge is 0.507 e. The number of hydrogen-bond donors (Lipinski definition) is 5. The third-order valence-corrected chi connectivity index (χ3v) is 5.80. The zero-order valence-corrected chi connectivity index (χ0v) is 15.7. The van der Waals surface area contributed by atoms with E-state index >= 15 is 0 Å². The molecule has 0 unspecified atom stereocenters. The minimum atomic E-state index is -1.93. The summed E-state index contributed by atoms with van der Waals surface area (Å²) in [6.45, 7) is 1.16. The highest BCUT2D eigenvalue weighted by Gasteiger charge is 2.46. The van der Waals surface area contributed by atoms with E-state index < -0.39 is 34.8 Å². The van der Waals surface area contributed by atoms with Gasteiger partial charge < -0.3 is 25.2 Å². The van der Waals surface area contributed by atoms with Crippen LogP contribution in [0.1, 0.15) is 57.6 Å². The molecule has 8 heteroatoms. The SMILES string of the molecule is COc1cccc2c1C(=N)c1c(O)c3c(c(O)c1C2=O)C[C@@](O)(C(C)=O)C[C@@H]3O. The van der Waals surface area contributed by atoms with E-state index in [2.05, 4.69) is 0 Å². The molecule has 0 bridgehead atoms. The van der Waals surface area contributed by atoms with Gasteiger partial charge >= 0.3 is 0 Å². The molecule has 8 nitrogen and oxygen atoms in total. The number of fused-ring (bicyclic) bond motifs is 3. The van der Waals surface area contributed by atoms with Crippen LogP contribution in [-0.4, -0.2) is 50.4 Å². The van der Waals surface area contributed by atoms with Gasteiger partial charge in [0.05, 0.1) is 35.6 Å². The molecule has 2 aromatic carbocycles. The summed E-state index contributed by atoms with van der Waals surface area (Å²) < 4.78 is 5.25. The third-order valence-electron chi connectivity index (χ3n) is 5.80. The van der Waals surface area contributed by atoms with Crippen LogP contribution in [0.2, 0.25) is 0 Å². The summed E-state index contributed by atoms with van der Waals surface area (Å²) in [6, 6.07) is 4.62. The average Bonchev–Trinajstić information content (AvgIpc) is 2.67. The molecule has 0 amide bonds. The second-order valence-corrected chi connectivity index (χ2v) is 7.41. The lowest BCUT2D eigenvalue weighted by molar-refractivity contribution is -0.139. The topological polar surface area (TPSA) is 148 Å². The quantitative estimate of drug-likeness (QED) is 0.410. The van der Waals surface area contributed by atoms with E-state index in [-0.39, 0.29) is 57.7 Å². The fourth-order valence-electron chi connectivity index (χ4n) is 4.26. The van der Waals surface area contributed by atoms with Crippen molar-refractivity contribution < 1.29 is 34.8 Å². The van der Waals surface area contributed by atoms with Gasteiger partial charge in [0.2, 0.25) is 0 Å². The van der Waals surface area contributed by atoms with Crippen LogP contribution in [0.25, 0.3) is 0 Å². The molecule has 0 saturated carbocycles. The van der Waals surface area contributed by atoms with Crippen LogP contribution in [0.15, 0.2) is 18.2 Å². The van der Waals surface area contributed by atoms with E-state index in [4.69, 9.17) is 10.1 Å². The van der Waals surface area contributed by atoms with Crippen molar-refractivity contribution in [3.8, 4) is 17.2 Å². The smallest absolute Gasteiger partial charge is 0.198 e. The molecule has 4 rings (SSSR count). The molecule has 2 aliphatic rings. The lowest BCUT2D eigenvalue weighted by Crippen LogP contribution is -2.44. The van der Waals surface area contributed by atoms with Crippen molar-refractivity contribution >= 4 is 17.3 Å². The summed E-state index contributed by atoms with van der Waals surface area (Å²) in [5.74, 6) is -2.07. The van der Waals surface area contributed by atoms with Crippen LogP contribution in [0, 0.1) is 5.41 Å². The monoisotopic (exact) mass is 397 g/mol. The Balaban J connectivity index is 2.04. The second kappa shape index (κ2) is 6.13. The number of aliphatic hydroxyl groups is 2. The van der Waals surface area contributed by atoms with E-state index in [1.54, 1.807) is 12.1 Å². The van der Waals surface area contributed by atoms with Crippen molar-refractivity contribution in [2.45, 2.75) is 31.5 Å². The Morgan fingerprint density at radius 1 is 1.21 bits per heavy atom. The van der Waals surface area contributed by atoms with Crippen molar-refractivity contribution in [2.75, 3.05) is 7.11 Å². The van der Waals surface area contributed by atoms with Gasteiger partial charge in [0.25, 0.3) is 0 Å². The molecule has 2 aromatic rings. The Bertz CT molecular complexity index is 1120. The lowest BCUT2D eigenvalue weighted by Gasteiger charge is -2.36. The standard InChI is InChI=1S/C21H19NO7/c1-8(23)21(28)6-10-13(11(24)7-21)20(27)15-16(19(10)26)18(25)9-4-3-5-12(29-2)14(9)17(15)22/h3-5,11,22,24,26-28H,6-7H2,1-2H3/t11-,21-/m0/s1. The molecule has 2 aliphatic carbocycles. The van der Waals surface area contributed by atoms with Crippen LogP contribution in [0.5, 0.6) is 17.2 Å². The van der Waals surface area contributed by atoms with Gasteiger partial charge in [-0.15, -0.1) is 0 Å². The van der Waals surface area contributed by atoms with Crippen molar-refractivity contribution in [2.24, 2.45) is 0 Å². The Kier molecular flexibility index (Phi) is 4.04. The molecule has 0 heterocycles. The summed E-state index contributed by atoms with van der Waals surface area (Å²) in [4.78, 5) is 25.0. The summed E-state index contributed by atoms with van der Waals surface area (Å²) >= 11 is 0. The van der Waals surface area contributed by atoms with Gasteiger partial charge in [-0.05, 0) is 13.0 Å². The van der Waals surface area contributed by atoms with Crippen molar-refractivity contribution in [3.63, 3.8) is 0 Å². The van der Waals surface area contributed by atoms with Crippen LogP contribution in [-0.2, 0) is 11.2 Å². The number of carbonyl (C=O) groups is 2. The molecule has 0 spiro atoms. The summed E-state index contributed by atoms with van der Waals surface area (Å²) in [5.41, 5.74) is -2.56. The fraction of sp³-hybridized carbons (Fsp3) is 0.286. The van der Waals surface area contributed by atoms with E-state index in [1.165, 1.54) is 13.2 Å². The zero-order chi connectivity index (χ0) is 21.2. The summed E-state index contributed by atoms with van der Waals surface area (Å²) in [7, 11) is 1.39. The van der Waals surface area contributed by atoms with Crippen molar-refractivity contribution in [1.29, 1.82) is 5.41 Å². The van der Waals surface area contributed by atoms with E-state index in [1.807, 2.05) is 0 Å². The number of phenols is 2. The molecule has 2 atom stereocenters. The first kappa shape index (κ1) is 19.1. The number of methoxy groups -OCH3 is 1. The zero-order valence-electron chi connectivity index (χ0n) is 15.7. The first-order chi connectivity index (χ1) is 13.6. The van der Waals surface area contributed by atoms with Crippen LogP contribution >= 0.6 is 0 Å². The highest BCUT2D eigenvalue weighted by molar-refractivity contribution is 6.32. The molecule has 0 aromatic heterocycles. The Labute approximate surface area is 165 Å². The van der Waals surface area contributed by atoms with Gasteiger partial charge in [0, 0.05) is 29.5 Å². The predicted molar refractivity (Wildman–Crippen MR) is 101 cm³/mol. The van der Waals surface area contributed by atoms with Crippen molar-refractivity contribution in [3.05, 3.63) is 51.6 Å². The molecule has 5 N–H and O–H groups in total. The number of nitrogens with one attached hydrogen (secondary N) is 1. The van der Waals surface area contributed by atoms with Gasteiger partial charge in [-0.2, -0.15) is 0 Å². The van der Waals surface area contributed by atoms with E-state index in [9.17, 15) is 30.0 Å². The first-order valence-electron chi connectivity index (χ1n) is 8.95. The van der Waals surface area contributed by atoms with Gasteiger partial charge in [-0.25, -0.2) is 0 Å². The number of Topliss-reactive ketones (excluding diaryl/α,β-unsaturated/α-hetero) is 1. The summed E-state index contributed by atoms with van der Waals surface area (Å²) in [6.07, 6.45) is -2.21. The number of phenolic OH excluding ortho intramolecular Hbond substituents is 2. The number of ketones is 2. The molecule has 0 radical (unpaired) electrons. The number of hydrogen-bond acceptors (Lipinski definition) is 8. The number of aliphatic hydroxyl groups excluding tert-OH is 1. The maximum absolute atomic E-state index is 13.1. The maximum Gasteiger partial charge on any atom is 0.198 e. The van der Waals surface area contributed by atoms with Gasteiger partial charge in [0.1, 0.15) is 22.8 Å². The van der Waals surface area contributed by atoms with Gasteiger partial charge in [-0.3, -0.25) is 15.0 Å². The van der Waals surface area contributed by atoms with Crippen LogP contribution < -0.4 is 4.74 Å². The van der Waals surface area contributed by atoms with Crippen LogP contribution in [0.4, 0.5) is 0 Å². The summed E-state index contributed by atoms with van der Waals surface area (Å²) in [5, 5.41) is 51.5. The number of carbonyl (C=O) groups excluding carboxylic acids is 2. The normalized spacial score (nSPS) is 22.6. The Hall–Kier alpha value is -3.23. The lowest BCUT2D eigenvalue weighted by atomic mass is 9.72. The minimum Gasteiger partial charge on any atom is -0.507 e. The van der Waals surface area contributed by atoms with Gasteiger partial charge in [-0.1, -0.05) is 12.1 Å². The molecule has 0 saturated heterocycles. The van der Waals surface area contributed by atoms with E-state index in [0.717, 1.165) is 6.92 Å². The molecule has 29 heavy (non-hydrogen) atoms. The maximum atomic E-state index is 13.1. The fourth-order valence-corrected chi connectivity index (χ4v) is 4.26. The Morgan fingerprint density at radius 3 is 2.52 bits per heavy atom. The van der Waals surface area contributed by atoms with Crippen LogP contribution in [0.3, 0.4) is 0 Å². The van der Waals surface area contributed by atoms with Crippen molar-refractivity contribution in [1.82, 2.24) is 0 Å².